The summed E-state index contributed by atoms with van der Waals surface area (Å²) in [5, 5.41) is 7.80. The Kier molecular flexibility index (Phi) is 6.32. The summed E-state index contributed by atoms with van der Waals surface area (Å²) >= 11 is 3.23. The maximum Gasteiger partial charge on any atom is 0.247 e. The fourth-order valence-corrected chi connectivity index (χ4v) is 5.02. The smallest absolute Gasteiger partial charge is 0.247 e. The third-order valence-corrected chi connectivity index (χ3v) is 6.50. The van der Waals surface area contributed by atoms with E-state index in [9.17, 15) is 9.59 Å². The molecular weight excluding hydrogens is 366 g/mol. The molecule has 1 aliphatic carbocycles. The fourth-order valence-electron chi connectivity index (χ4n) is 3.21. The molecule has 2 amide bonds. The second-order valence-electron chi connectivity index (χ2n) is 6.59. The molecule has 1 heterocycles. The molecule has 26 heavy (non-hydrogen) atoms. The molecule has 0 saturated heterocycles. The third-order valence-electron chi connectivity index (χ3n) is 4.44. The summed E-state index contributed by atoms with van der Waals surface area (Å²) in [6.07, 6.45) is 4.22. The second-order valence-corrected chi connectivity index (χ2v) is 8.77. The highest BCUT2D eigenvalue weighted by atomic mass is 32.2. The summed E-state index contributed by atoms with van der Waals surface area (Å²) in [4.78, 5) is 29.7. The van der Waals surface area contributed by atoms with Crippen LogP contribution in [0.4, 0.5) is 5.69 Å². The number of carbonyl (C=O) groups excluding carboxylic acids is 2. The lowest BCUT2D eigenvalue weighted by molar-refractivity contribution is -0.126. The van der Waals surface area contributed by atoms with Crippen molar-refractivity contribution >= 4 is 40.6 Å². The Morgan fingerprint density at radius 1 is 1.23 bits per heavy atom. The predicted octanol–water partition coefficient (Wildman–Crippen LogP) is 4.24. The highest BCUT2D eigenvalue weighted by molar-refractivity contribution is 8.01. The van der Waals surface area contributed by atoms with Gasteiger partial charge in [-0.1, -0.05) is 24.6 Å². The molecule has 1 unspecified atom stereocenters. The van der Waals surface area contributed by atoms with E-state index in [1.807, 2.05) is 36.6 Å². The van der Waals surface area contributed by atoms with E-state index >= 15 is 0 Å². The molecule has 1 aromatic carbocycles. The van der Waals surface area contributed by atoms with Crippen LogP contribution in [-0.4, -0.2) is 22.8 Å². The monoisotopic (exact) mass is 389 g/mol. The highest BCUT2D eigenvalue weighted by Crippen LogP contribution is 2.31. The molecule has 0 aliphatic heterocycles. The van der Waals surface area contributed by atoms with Gasteiger partial charge in [-0.25, -0.2) is 4.98 Å². The highest BCUT2D eigenvalue weighted by Gasteiger charge is 2.31. The zero-order valence-corrected chi connectivity index (χ0v) is 16.6. The first-order valence-electron chi connectivity index (χ1n) is 8.79. The molecule has 1 aliphatic rings. The molecule has 138 valence electrons. The van der Waals surface area contributed by atoms with Gasteiger partial charge in [0, 0.05) is 28.6 Å². The Bertz CT molecular complexity index is 767. The van der Waals surface area contributed by atoms with Gasteiger partial charge in [-0.3, -0.25) is 9.59 Å². The number of benzene rings is 1. The minimum absolute atomic E-state index is 0.136. The maximum absolute atomic E-state index is 12.7. The topological polar surface area (TPSA) is 71.1 Å². The maximum atomic E-state index is 12.7. The number of anilines is 1. The van der Waals surface area contributed by atoms with Gasteiger partial charge in [0.05, 0.1) is 0 Å². The largest absolute Gasteiger partial charge is 0.344 e. The molecule has 7 heteroatoms. The van der Waals surface area contributed by atoms with Crippen LogP contribution in [0.5, 0.6) is 0 Å². The lowest BCUT2D eigenvalue weighted by atomic mass is 9.97. The van der Waals surface area contributed by atoms with Crippen LogP contribution in [-0.2, 0) is 9.59 Å². The molecule has 0 radical (unpaired) electrons. The molecule has 0 spiro atoms. The van der Waals surface area contributed by atoms with Gasteiger partial charge in [-0.15, -0.1) is 11.3 Å². The lowest BCUT2D eigenvalue weighted by Crippen LogP contribution is -2.47. The quantitative estimate of drug-likeness (QED) is 0.775. The summed E-state index contributed by atoms with van der Waals surface area (Å²) in [5.41, 5.74) is 1.76. The summed E-state index contributed by atoms with van der Waals surface area (Å²) in [6, 6.07) is 7.27. The fraction of sp³-hybridized carbons (Fsp3) is 0.421. The van der Waals surface area contributed by atoms with Crippen molar-refractivity contribution in [3.63, 3.8) is 0 Å². The minimum atomic E-state index is -0.456. The van der Waals surface area contributed by atoms with Crippen molar-refractivity contribution in [1.29, 1.82) is 0 Å². The van der Waals surface area contributed by atoms with Crippen LogP contribution < -0.4 is 10.6 Å². The molecule has 2 N–H and O–H groups in total. The van der Waals surface area contributed by atoms with Gasteiger partial charge in [-0.2, -0.15) is 0 Å². The van der Waals surface area contributed by atoms with Crippen LogP contribution in [0.25, 0.3) is 0 Å². The summed E-state index contributed by atoms with van der Waals surface area (Å²) in [5.74, 6) is -0.0764. The van der Waals surface area contributed by atoms with Gasteiger partial charge < -0.3 is 10.6 Å². The van der Waals surface area contributed by atoms with E-state index in [1.165, 1.54) is 6.92 Å². The zero-order valence-electron chi connectivity index (χ0n) is 15.0. The normalized spacial score (nSPS) is 15.6. The van der Waals surface area contributed by atoms with Crippen molar-refractivity contribution in [2.75, 3.05) is 5.32 Å². The predicted molar refractivity (Wildman–Crippen MR) is 106 cm³/mol. The van der Waals surface area contributed by atoms with Crippen molar-refractivity contribution in [3.8, 4) is 0 Å². The molecule has 3 rings (SSSR count). The van der Waals surface area contributed by atoms with E-state index in [2.05, 4.69) is 15.6 Å². The number of nitrogens with one attached hydrogen (secondary N) is 2. The summed E-state index contributed by atoms with van der Waals surface area (Å²) in [6.45, 7) is 3.44. The molecule has 2 aromatic rings. The van der Waals surface area contributed by atoms with Gasteiger partial charge in [0.2, 0.25) is 11.8 Å². The number of rotatable bonds is 6. The number of carbonyl (C=O) groups is 2. The SMILES string of the molecule is CC(=O)NC(C(=O)Nc1ccc(Sc2nc(C)cs2)cc1)C1CCCC1. The Morgan fingerprint density at radius 3 is 2.50 bits per heavy atom. The van der Waals surface area contributed by atoms with Crippen LogP contribution in [0.15, 0.2) is 38.9 Å². The van der Waals surface area contributed by atoms with Crippen molar-refractivity contribution in [3.05, 3.63) is 35.3 Å². The molecule has 0 bridgehead atoms. The van der Waals surface area contributed by atoms with E-state index in [4.69, 9.17) is 0 Å². The number of thiazole rings is 1. The van der Waals surface area contributed by atoms with Crippen molar-refractivity contribution in [1.82, 2.24) is 10.3 Å². The first-order chi connectivity index (χ1) is 12.5. The van der Waals surface area contributed by atoms with E-state index < -0.39 is 6.04 Å². The van der Waals surface area contributed by atoms with E-state index in [0.717, 1.165) is 46.3 Å². The molecule has 5 nitrogen and oxygen atoms in total. The van der Waals surface area contributed by atoms with E-state index in [0.29, 0.717) is 0 Å². The zero-order chi connectivity index (χ0) is 18.5. The van der Waals surface area contributed by atoms with E-state index in [-0.39, 0.29) is 17.7 Å². The van der Waals surface area contributed by atoms with Gasteiger partial charge >= 0.3 is 0 Å². The summed E-state index contributed by atoms with van der Waals surface area (Å²) in [7, 11) is 0. The Balaban J connectivity index is 1.62. The standard InChI is InChI=1S/C19H23N3O2S2/c1-12-11-25-19(20-12)26-16-9-7-15(8-10-16)22-18(24)17(21-13(2)23)14-5-3-4-6-14/h7-11,14,17H,3-6H2,1-2H3,(H,21,23)(H,22,24). The molecule has 1 fully saturated rings. The van der Waals surface area contributed by atoms with Crippen LogP contribution in [0.1, 0.15) is 38.3 Å². The molecular formula is C19H23N3O2S2. The molecule has 1 saturated carbocycles. The Hall–Kier alpha value is -1.86. The van der Waals surface area contributed by atoms with Crippen LogP contribution in [0, 0.1) is 12.8 Å². The number of aryl methyl sites for hydroxylation is 1. The van der Waals surface area contributed by atoms with Crippen molar-refractivity contribution in [2.45, 2.75) is 54.8 Å². The first-order valence-corrected chi connectivity index (χ1v) is 10.5. The van der Waals surface area contributed by atoms with Crippen LogP contribution in [0.2, 0.25) is 0 Å². The Morgan fingerprint density at radius 2 is 1.92 bits per heavy atom. The van der Waals surface area contributed by atoms with Crippen LogP contribution >= 0.6 is 23.1 Å². The van der Waals surface area contributed by atoms with Gasteiger partial charge in [0.15, 0.2) is 4.34 Å². The minimum Gasteiger partial charge on any atom is -0.344 e. The number of aromatic nitrogens is 1. The van der Waals surface area contributed by atoms with Gasteiger partial charge in [0.1, 0.15) is 6.04 Å². The second kappa shape index (κ2) is 8.68. The molecule has 1 atom stereocenters. The number of amides is 2. The summed E-state index contributed by atoms with van der Waals surface area (Å²) < 4.78 is 1.01. The average molecular weight is 390 g/mol. The first kappa shape index (κ1) is 18.9. The Labute approximate surface area is 162 Å². The van der Waals surface area contributed by atoms with Crippen molar-refractivity contribution in [2.24, 2.45) is 5.92 Å². The number of nitrogens with zero attached hydrogens (tertiary/aromatic N) is 1. The van der Waals surface area contributed by atoms with Crippen LogP contribution in [0.3, 0.4) is 0 Å². The van der Waals surface area contributed by atoms with Gasteiger partial charge in [0.25, 0.3) is 0 Å². The van der Waals surface area contributed by atoms with Crippen molar-refractivity contribution < 1.29 is 9.59 Å². The molecule has 1 aromatic heterocycles. The lowest BCUT2D eigenvalue weighted by Gasteiger charge is -2.23. The van der Waals surface area contributed by atoms with E-state index in [1.54, 1.807) is 23.1 Å². The average Bonchev–Trinajstić information content (AvgIpc) is 3.26. The van der Waals surface area contributed by atoms with Gasteiger partial charge in [-0.05, 0) is 49.9 Å². The number of hydrogen-bond donors (Lipinski definition) is 2. The third kappa shape index (κ3) is 5.08. The number of hydrogen-bond acceptors (Lipinski definition) is 5.